The molecule has 0 aliphatic carbocycles. The van der Waals surface area contributed by atoms with Crippen molar-refractivity contribution in [3.63, 3.8) is 0 Å². The lowest BCUT2D eigenvalue weighted by atomic mass is 9.97. The molecule has 0 saturated heterocycles. The second-order valence-corrected chi connectivity index (χ2v) is 3.63. The van der Waals surface area contributed by atoms with Gasteiger partial charge in [-0.05, 0) is 0 Å². The molecule has 1 aromatic rings. The summed E-state index contributed by atoms with van der Waals surface area (Å²) in [6.07, 6.45) is 0.350. The third-order valence-corrected chi connectivity index (χ3v) is 2.29. The van der Waals surface area contributed by atoms with Crippen LogP contribution in [0.1, 0.15) is 23.7 Å². The minimum absolute atomic E-state index is 0.0322. The zero-order valence-corrected chi connectivity index (χ0v) is 9.90. The molecule has 1 rings (SSSR count). The van der Waals surface area contributed by atoms with Gasteiger partial charge in [0.2, 0.25) is 0 Å². The molecule has 3 nitrogen and oxygen atoms in total. The molecular formula is C14H14O3. The van der Waals surface area contributed by atoms with Gasteiger partial charge in [-0.3, -0.25) is 4.79 Å². The SMILES string of the molecule is COC(=O)C#CCC(C)C(=O)c1ccccc1. The minimum Gasteiger partial charge on any atom is -0.459 e. The number of esters is 1. The molecular weight excluding hydrogens is 216 g/mol. The van der Waals surface area contributed by atoms with Crippen LogP contribution in [0.2, 0.25) is 0 Å². The van der Waals surface area contributed by atoms with E-state index in [-0.39, 0.29) is 11.7 Å². The lowest BCUT2D eigenvalue weighted by Gasteiger charge is -2.05. The largest absolute Gasteiger partial charge is 0.459 e. The summed E-state index contributed by atoms with van der Waals surface area (Å²) in [4.78, 5) is 22.7. The van der Waals surface area contributed by atoms with Gasteiger partial charge in [0.1, 0.15) is 0 Å². The Labute approximate surface area is 101 Å². The van der Waals surface area contributed by atoms with Crippen LogP contribution in [0.25, 0.3) is 0 Å². The lowest BCUT2D eigenvalue weighted by molar-refractivity contribution is -0.133. The van der Waals surface area contributed by atoms with Gasteiger partial charge in [0.15, 0.2) is 5.78 Å². The molecule has 0 aromatic heterocycles. The molecule has 0 N–H and O–H groups in total. The third-order valence-electron chi connectivity index (χ3n) is 2.29. The number of methoxy groups -OCH3 is 1. The molecule has 0 saturated carbocycles. The molecule has 3 heteroatoms. The highest BCUT2D eigenvalue weighted by Crippen LogP contribution is 2.11. The summed E-state index contributed by atoms with van der Waals surface area (Å²) in [5, 5.41) is 0. The Morgan fingerprint density at radius 3 is 2.53 bits per heavy atom. The molecule has 0 aliphatic heterocycles. The van der Waals surface area contributed by atoms with Crippen LogP contribution in [-0.2, 0) is 9.53 Å². The van der Waals surface area contributed by atoms with Gasteiger partial charge < -0.3 is 4.74 Å². The van der Waals surface area contributed by atoms with Gasteiger partial charge in [0.25, 0.3) is 0 Å². The van der Waals surface area contributed by atoms with Crippen LogP contribution in [0.4, 0.5) is 0 Å². The van der Waals surface area contributed by atoms with E-state index in [9.17, 15) is 9.59 Å². The Hall–Kier alpha value is -2.08. The van der Waals surface area contributed by atoms with Crippen molar-refractivity contribution in [1.29, 1.82) is 0 Å². The highest BCUT2D eigenvalue weighted by atomic mass is 16.5. The van der Waals surface area contributed by atoms with Gasteiger partial charge in [0, 0.05) is 23.8 Å². The number of hydrogen-bond donors (Lipinski definition) is 0. The van der Waals surface area contributed by atoms with Crippen molar-refractivity contribution in [3.8, 4) is 11.8 Å². The summed E-state index contributed by atoms with van der Waals surface area (Å²) in [7, 11) is 1.27. The summed E-state index contributed by atoms with van der Waals surface area (Å²) in [5.74, 6) is 4.17. The quantitative estimate of drug-likeness (QED) is 0.345. The fourth-order valence-corrected chi connectivity index (χ4v) is 1.31. The molecule has 0 radical (unpaired) electrons. The molecule has 0 bridgehead atoms. The Kier molecular flexibility index (Phi) is 4.96. The molecule has 1 atom stereocenters. The fourth-order valence-electron chi connectivity index (χ4n) is 1.31. The van der Waals surface area contributed by atoms with Crippen LogP contribution >= 0.6 is 0 Å². The van der Waals surface area contributed by atoms with Gasteiger partial charge in [-0.25, -0.2) is 4.79 Å². The third kappa shape index (κ3) is 4.12. The van der Waals surface area contributed by atoms with Gasteiger partial charge >= 0.3 is 5.97 Å². The average molecular weight is 230 g/mol. The second kappa shape index (κ2) is 6.49. The fraction of sp³-hybridized carbons (Fsp3) is 0.286. The van der Waals surface area contributed by atoms with Gasteiger partial charge in [0.05, 0.1) is 7.11 Å². The van der Waals surface area contributed by atoms with Crippen molar-refractivity contribution in [2.24, 2.45) is 5.92 Å². The van der Waals surface area contributed by atoms with Crippen molar-refractivity contribution in [1.82, 2.24) is 0 Å². The number of ketones is 1. The van der Waals surface area contributed by atoms with Gasteiger partial charge in [-0.2, -0.15) is 0 Å². The maximum atomic E-state index is 11.9. The maximum Gasteiger partial charge on any atom is 0.384 e. The summed E-state index contributed by atoms with van der Waals surface area (Å²) in [6, 6.07) is 9.04. The van der Waals surface area contributed by atoms with E-state index in [4.69, 9.17) is 0 Å². The van der Waals surface area contributed by atoms with Crippen molar-refractivity contribution in [2.75, 3.05) is 7.11 Å². The standard InChI is InChI=1S/C14H14O3/c1-11(7-6-10-13(15)17-2)14(16)12-8-4-3-5-9-12/h3-5,8-9,11H,7H2,1-2H3. The zero-order chi connectivity index (χ0) is 12.7. The molecule has 1 unspecified atom stereocenters. The molecule has 17 heavy (non-hydrogen) atoms. The second-order valence-electron chi connectivity index (χ2n) is 3.63. The summed E-state index contributed by atoms with van der Waals surface area (Å²) < 4.78 is 4.38. The van der Waals surface area contributed by atoms with Crippen LogP contribution in [0.5, 0.6) is 0 Å². The first-order valence-corrected chi connectivity index (χ1v) is 5.31. The Balaban J connectivity index is 2.59. The van der Waals surface area contributed by atoms with Crippen molar-refractivity contribution >= 4 is 11.8 Å². The van der Waals surface area contributed by atoms with Crippen molar-refractivity contribution in [3.05, 3.63) is 35.9 Å². The van der Waals surface area contributed by atoms with E-state index in [0.717, 1.165) is 0 Å². The van der Waals surface area contributed by atoms with Crippen LogP contribution < -0.4 is 0 Å². The van der Waals surface area contributed by atoms with E-state index in [0.29, 0.717) is 12.0 Å². The van der Waals surface area contributed by atoms with Crippen LogP contribution in [0.3, 0.4) is 0 Å². The molecule has 0 heterocycles. The molecule has 88 valence electrons. The predicted octanol–water partition coefficient (Wildman–Crippen LogP) is 2.07. The maximum absolute atomic E-state index is 11.9. The van der Waals surface area contributed by atoms with Crippen LogP contribution in [0, 0.1) is 17.8 Å². The Bertz CT molecular complexity index is 451. The number of carbonyl (C=O) groups excluding carboxylic acids is 2. The number of carbonyl (C=O) groups is 2. The number of benzene rings is 1. The number of hydrogen-bond acceptors (Lipinski definition) is 3. The summed E-state index contributed by atoms with van der Waals surface area (Å²) in [5.41, 5.74) is 0.667. The number of ether oxygens (including phenoxy) is 1. The molecule has 0 spiro atoms. The average Bonchev–Trinajstić information content (AvgIpc) is 2.38. The first kappa shape index (κ1) is 13.0. The lowest BCUT2D eigenvalue weighted by Crippen LogP contribution is -2.10. The monoisotopic (exact) mass is 230 g/mol. The smallest absolute Gasteiger partial charge is 0.384 e. The minimum atomic E-state index is -0.579. The summed E-state index contributed by atoms with van der Waals surface area (Å²) in [6.45, 7) is 1.79. The van der Waals surface area contributed by atoms with Crippen LogP contribution in [0.15, 0.2) is 30.3 Å². The van der Waals surface area contributed by atoms with E-state index in [1.807, 2.05) is 18.2 Å². The highest BCUT2D eigenvalue weighted by Gasteiger charge is 2.13. The number of rotatable bonds is 3. The highest BCUT2D eigenvalue weighted by molar-refractivity contribution is 5.97. The van der Waals surface area contributed by atoms with Crippen molar-refractivity contribution < 1.29 is 14.3 Å². The van der Waals surface area contributed by atoms with E-state index in [1.165, 1.54) is 7.11 Å². The first-order chi connectivity index (χ1) is 8.15. The topological polar surface area (TPSA) is 43.4 Å². The van der Waals surface area contributed by atoms with E-state index >= 15 is 0 Å². The van der Waals surface area contributed by atoms with E-state index in [2.05, 4.69) is 16.6 Å². The van der Waals surface area contributed by atoms with E-state index < -0.39 is 5.97 Å². The molecule has 0 amide bonds. The van der Waals surface area contributed by atoms with E-state index in [1.54, 1.807) is 19.1 Å². The molecule has 0 aliphatic rings. The normalized spacial score (nSPS) is 10.9. The summed E-state index contributed by atoms with van der Waals surface area (Å²) >= 11 is 0. The zero-order valence-electron chi connectivity index (χ0n) is 9.90. The molecule has 1 aromatic carbocycles. The van der Waals surface area contributed by atoms with Crippen LogP contribution in [-0.4, -0.2) is 18.9 Å². The first-order valence-electron chi connectivity index (χ1n) is 5.31. The molecule has 0 fully saturated rings. The van der Waals surface area contributed by atoms with Gasteiger partial charge in [-0.1, -0.05) is 43.2 Å². The number of Topliss-reactive ketones (excluding diaryl/α,β-unsaturated/α-hetero) is 1. The Morgan fingerprint density at radius 2 is 1.94 bits per heavy atom. The predicted molar refractivity (Wildman–Crippen MR) is 64.3 cm³/mol. The van der Waals surface area contributed by atoms with Gasteiger partial charge in [-0.15, -0.1) is 0 Å². The Morgan fingerprint density at radius 1 is 1.29 bits per heavy atom. The van der Waals surface area contributed by atoms with Crippen molar-refractivity contribution in [2.45, 2.75) is 13.3 Å².